The monoisotopic (exact) mass is 471 g/mol. The van der Waals surface area contributed by atoms with E-state index in [9.17, 15) is 9.59 Å². The summed E-state index contributed by atoms with van der Waals surface area (Å²) in [5.74, 6) is -0.260. The van der Waals surface area contributed by atoms with Crippen LogP contribution in [0, 0.1) is 11.3 Å². The van der Waals surface area contributed by atoms with Crippen LogP contribution in [0.25, 0.3) is 0 Å². The van der Waals surface area contributed by atoms with E-state index in [-0.39, 0.29) is 23.9 Å². The maximum absolute atomic E-state index is 12.5. The van der Waals surface area contributed by atoms with Gasteiger partial charge >= 0.3 is 5.97 Å². The highest BCUT2D eigenvalue weighted by Gasteiger charge is 2.13. The molecular weight excluding hydrogens is 457 g/mol. The van der Waals surface area contributed by atoms with E-state index in [2.05, 4.69) is 0 Å². The van der Waals surface area contributed by atoms with Gasteiger partial charge in [-0.2, -0.15) is 5.26 Å². The number of carbonyl (C=O) groups is 2. The minimum Gasteiger partial charge on any atom is -0.482 e. The molecular formula is C23H15Cl2NO6. The molecule has 9 heteroatoms. The predicted molar refractivity (Wildman–Crippen MR) is 117 cm³/mol. The van der Waals surface area contributed by atoms with Crippen molar-refractivity contribution in [2.45, 2.75) is 0 Å². The molecule has 7 nitrogen and oxygen atoms in total. The highest BCUT2D eigenvalue weighted by Crippen LogP contribution is 2.35. The highest BCUT2D eigenvalue weighted by atomic mass is 35.5. The number of hydrogen-bond donors (Lipinski definition) is 1. The van der Waals surface area contributed by atoms with Crippen LogP contribution in [0.3, 0.4) is 0 Å². The van der Waals surface area contributed by atoms with Gasteiger partial charge in [0.15, 0.2) is 30.5 Å². The molecule has 0 spiro atoms. The van der Waals surface area contributed by atoms with E-state index in [0.717, 1.165) is 0 Å². The molecule has 0 aromatic heterocycles. The number of halogens is 2. The normalized spacial score (nSPS) is 10.2. The van der Waals surface area contributed by atoms with Crippen molar-refractivity contribution in [3.8, 4) is 29.1 Å². The van der Waals surface area contributed by atoms with Gasteiger partial charge in [-0.3, -0.25) is 4.79 Å². The quantitative estimate of drug-likeness (QED) is 0.417. The van der Waals surface area contributed by atoms with Crippen LogP contribution >= 0.6 is 23.2 Å². The van der Waals surface area contributed by atoms with Gasteiger partial charge in [-0.25, -0.2) is 4.79 Å². The van der Waals surface area contributed by atoms with Crippen LogP contribution in [0.4, 0.5) is 0 Å². The smallest absolute Gasteiger partial charge is 0.341 e. The molecule has 32 heavy (non-hydrogen) atoms. The average molecular weight is 472 g/mol. The van der Waals surface area contributed by atoms with Gasteiger partial charge in [-0.15, -0.1) is 0 Å². The molecule has 0 heterocycles. The van der Waals surface area contributed by atoms with Crippen molar-refractivity contribution in [2.24, 2.45) is 0 Å². The molecule has 3 rings (SSSR count). The van der Waals surface area contributed by atoms with Gasteiger partial charge in [0, 0.05) is 21.7 Å². The summed E-state index contributed by atoms with van der Waals surface area (Å²) in [5, 5.41) is 18.4. The Balaban J connectivity index is 1.70. The van der Waals surface area contributed by atoms with Crippen LogP contribution in [0.2, 0.25) is 10.0 Å². The molecule has 3 aromatic rings. The van der Waals surface area contributed by atoms with Crippen molar-refractivity contribution < 1.29 is 28.9 Å². The van der Waals surface area contributed by atoms with Crippen molar-refractivity contribution in [1.29, 1.82) is 5.26 Å². The first kappa shape index (κ1) is 22.9. The lowest BCUT2D eigenvalue weighted by Gasteiger charge is -2.13. The Morgan fingerprint density at radius 2 is 1.59 bits per heavy atom. The molecule has 1 N–H and O–H groups in total. The number of carboxylic acids is 1. The number of ether oxygens (including phenoxy) is 3. The molecule has 0 saturated heterocycles. The average Bonchev–Trinajstić information content (AvgIpc) is 2.77. The molecule has 0 aliphatic heterocycles. The Kier molecular flexibility index (Phi) is 7.55. The second-order valence-electron chi connectivity index (χ2n) is 6.40. The molecule has 0 atom stereocenters. The predicted octanol–water partition coefficient (Wildman–Crippen LogP) is 5.38. The summed E-state index contributed by atoms with van der Waals surface area (Å²) in [6.07, 6.45) is 0. The third-order valence-electron chi connectivity index (χ3n) is 4.03. The number of Topliss-reactive ketones (excluding diaryl/α,β-unsaturated/α-hetero) is 1. The van der Waals surface area contributed by atoms with Crippen molar-refractivity contribution in [3.05, 3.63) is 81.8 Å². The summed E-state index contributed by atoms with van der Waals surface area (Å²) < 4.78 is 16.5. The van der Waals surface area contributed by atoms with Crippen molar-refractivity contribution in [1.82, 2.24) is 0 Å². The summed E-state index contributed by atoms with van der Waals surface area (Å²) in [5.41, 5.74) is 0.681. The van der Waals surface area contributed by atoms with E-state index in [1.807, 2.05) is 6.07 Å². The van der Waals surface area contributed by atoms with Gasteiger partial charge in [-0.1, -0.05) is 23.2 Å². The first-order chi connectivity index (χ1) is 15.3. The third kappa shape index (κ3) is 6.38. The van der Waals surface area contributed by atoms with Crippen LogP contribution in [-0.4, -0.2) is 30.1 Å². The Bertz CT molecular complexity index is 1190. The minimum absolute atomic E-state index is 0.228. The Labute approximate surface area is 193 Å². The summed E-state index contributed by atoms with van der Waals surface area (Å²) in [4.78, 5) is 23.0. The minimum atomic E-state index is -1.10. The lowest BCUT2D eigenvalue weighted by atomic mass is 10.1. The Hall–Kier alpha value is -3.73. The first-order valence-electron chi connectivity index (χ1n) is 9.13. The van der Waals surface area contributed by atoms with E-state index in [4.69, 9.17) is 47.8 Å². The van der Waals surface area contributed by atoms with Gasteiger partial charge in [-0.05, 0) is 54.6 Å². The second-order valence-corrected chi connectivity index (χ2v) is 7.27. The van der Waals surface area contributed by atoms with Crippen LogP contribution < -0.4 is 14.2 Å². The molecule has 0 amide bonds. The zero-order chi connectivity index (χ0) is 23.1. The molecule has 162 valence electrons. The van der Waals surface area contributed by atoms with E-state index in [0.29, 0.717) is 32.7 Å². The number of carbonyl (C=O) groups excluding carboxylic acids is 1. The van der Waals surface area contributed by atoms with Gasteiger partial charge in [0.05, 0.1) is 11.6 Å². The Morgan fingerprint density at radius 3 is 2.28 bits per heavy atom. The van der Waals surface area contributed by atoms with Crippen LogP contribution in [-0.2, 0) is 4.79 Å². The summed E-state index contributed by atoms with van der Waals surface area (Å²) >= 11 is 12.1. The largest absolute Gasteiger partial charge is 0.482 e. The Morgan fingerprint density at radius 1 is 0.844 bits per heavy atom. The van der Waals surface area contributed by atoms with E-state index >= 15 is 0 Å². The summed E-state index contributed by atoms with van der Waals surface area (Å²) in [6, 6.07) is 17.2. The van der Waals surface area contributed by atoms with Gasteiger partial charge in [0.1, 0.15) is 11.5 Å². The number of carboxylic acid groups (broad SMARTS) is 1. The molecule has 0 saturated carbocycles. The fourth-order valence-corrected chi connectivity index (χ4v) is 2.99. The maximum Gasteiger partial charge on any atom is 0.341 e. The third-order valence-corrected chi connectivity index (χ3v) is 4.48. The van der Waals surface area contributed by atoms with Crippen molar-refractivity contribution in [3.63, 3.8) is 0 Å². The number of rotatable bonds is 9. The van der Waals surface area contributed by atoms with Gasteiger partial charge in [0.2, 0.25) is 0 Å². The van der Waals surface area contributed by atoms with Gasteiger partial charge < -0.3 is 19.3 Å². The number of nitrogens with zero attached hydrogens (tertiary/aromatic N) is 1. The fourth-order valence-electron chi connectivity index (χ4n) is 2.60. The first-order valence-corrected chi connectivity index (χ1v) is 9.88. The molecule has 0 fully saturated rings. The number of aliphatic carboxylic acids is 1. The number of hydrogen-bond acceptors (Lipinski definition) is 6. The summed E-state index contributed by atoms with van der Waals surface area (Å²) in [7, 11) is 0. The lowest BCUT2D eigenvalue weighted by Crippen LogP contribution is -2.12. The zero-order valence-electron chi connectivity index (χ0n) is 16.4. The van der Waals surface area contributed by atoms with E-state index < -0.39 is 12.6 Å². The van der Waals surface area contributed by atoms with Crippen molar-refractivity contribution >= 4 is 35.0 Å². The molecule has 3 aromatic carbocycles. The number of nitriles is 1. The molecule has 0 bridgehead atoms. The number of benzene rings is 3. The van der Waals surface area contributed by atoms with Crippen molar-refractivity contribution in [2.75, 3.05) is 13.2 Å². The van der Waals surface area contributed by atoms with Crippen LogP contribution in [0.5, 0.6) is 23.0 Å². The number of ketones is 1. The molecule has 0 aliphatic carbocycles. The van der Waals surface area contributed by atoms with E-state index in [1.165, 1.54) is 42.5 Å². The van der Waals surface area contributed by atoms with E-state index in [1.54, 1.807) is 18.2 Å². The maximum atomic E-state index is 12.5. The highest BCUT2D eigenvalue weighted by molar-refractivity contribution is 6.31. The second kappa shape index (κ2) is 10.5. The van der Waals surface area contributed by atoms with Crippen LogP contribution in [0.1, 0.15) is 15.9 Å². The van der Waals surface area contributed by atoms with Gasteiger partial charge in [0.25, 0.3) is 0 Å². The molecule has 0 aliphatic rings. The SMILES string of the molecule is N#Cc1cc(Cl)cc(Oc2ccc(Cl)cc2OCC(=O)c2ccc(OCC(=O)O)cc2)c1. The topological polar surface area (TPSA) is 106 Å². The molecule has 0 radical (unpaired) electrons. The fraction of sp³-hybridized carbons (Fsp3) is 0.0870. The summed E-state index contributed by atoms with van der Waals surface area (Å²) in [6.45, 7) is -0.776. The molecule has 0 unspecified atom stereocenters. The zero-order valence-corrected chi connectivity index (χ0v) is 17.9. The van der Waals surface area contributed by atoms with Crippen LogP contribution in [0.15, 0.2) is 60.7 Å². The lowest BCUT2D eigenvalue weighted by molar-refractivity contribution is -0.139. The standard InChI is InChI=1S/C23H15Cl2NO6/c24-16-3-6-21(32-19-8-14(11-26)7-17(25)9-19)22(10-16)31-12-20(27)15-1-4-18(5-2-15)30-13-23(28)29/h1-10H,12-13H2,(H,28,29).